The lowest BCUT2D eigenvalue weighted by molar-refractivity contribution is -0.138. The van der Waals surface area contributed by atoms with E-state index in [1.54, 1.807) is 12.3 Å². The van der Waals surface area contributed by atoms with Crippen LogP contribution in [0.1, 0.15) is 50.2 Å². The number of nitrogens with one attached hydrogen (secondary N) is 1. The second kappa shape index (κ2) is 11.6. The summed E-state index contributed by atoms with van der Waals surface area (Å²) in [5.74, 6) is 0.848. The minimum Gasteiger partial charge on any atom is -0.462 e. The van der Waals surface area contributed by atoms with Crippen molar-refractivity contribution < 1.29 is 17.9 Å². The normalized spacial score (nSPS) is 18.2. The average molecular weight is 495 g/mol. The average Bonchev–Trinajstić information content (AvgIpc) is 2.84. The molecule has 3 aromatic rings. The quantitative estimate of drug-likeness (QED) is 0.504. The second-order valence-electron chi connectivity index (χ2n) is 9.75. The molecule has 0 spiro atoms. The van der Waals surface area contributed by atoms with Crippen LogP contribution in [-0.4, -0.2) is 44.8 Å². The molecule has 2 unspecified atom stereocenters. The first-order valence-electron chi connectivity index (χ1n) is 11.7. The Morgan fingerprint density at radius 2 is 1.66 bits per heavy atom. The molecule has 2 aromatic carbocycles. The molecular weight excluding hydrogens is 460 g/mol. The first-order valence-corrected chi connectivity index (χ1v) is 13.6. The van der Waals surface area contributed by atoms with E-state index in [0.29, 0.717) is 18.3 Å². The van der Waals surface area contributed by atoms with E-state index in [1.165, 1.54) is 23.6 Å². The van der Waals surface area contributed by atoms with Gasteiger partial charge in [0.2, 0.25) is 0 Å². The fourth-order valence-electron chi connectivity index (χ4n) is 4.18. The van der Waals surface area contributed by atoms with Crippen LogP contribution in [0.5, 0.6) is 0 Å². The molecule has 6 nitrogen and oxygen atoms in total. The highest BCUT2D eigenvalue weighted by atomic mass is 32.2. The molecule has 7 heteroatoms. The highest BCUT2D eigenvalue weighted by Crippen LogP contribution is 2.38. The van der Waals surface area contributed by atoms with Crippen LogP contribution in [0.15, 0.2) is 78.0 Å². The molecule has 0 aliphatic carbocycles. The number of benzene rings is 2. The van der Waals surface area contributed by atoms with Crippen molar-refractivity contribution in [2.24, 2.45) is 0 Å². The van der Waals surface area contributed by atoms with Crippen molar-refractivity contribution in [1.29, 1.82) is 0 Å². The summed E-state index contributed by atoms with van der Waals surface area (Å²) in [5, 5.41) is 3.53. The third-order valence-corrected chi connectivity index (χ3v) is 6.98. The number of piperidine rings is 1. The van der Waals surface area contributed by atoms with Crippen molar-refractivity contribution in [1.82, 2.24) is 10.3 Å². The molecule has 1 N–H and O–H groups in total. The van der Waals surface area contributed by atoms with Crippen LogP contribution in [0.3, 0.4) is 0 Å². The SMILES string of the molecule is CC(C)(C)OC=O.CS(=O)(=O)c1cncc(-c2cccc(C3CNCCC3c3ccccc3)c2)c1. The molecule has 0 bridgehead atoms. The van der Waals surface area contributed by atoms with E-state index in [-0.39, 0.29) is 10.5 Å². The number of ether oxygens (including phenoxy) is 1. The fourth-order valence-corrected chi connectivity index (χ4v) is 4.77. The van der Waals surface area contributed by atoms with Crippen molar-refractivity contribution in [2.45, 2.75) is 49.5 Å². The Kier molecular flexibility index (Phi) is 8.81. The number of hydrogen-bond donors (Lipinski definition) is 1. The maximum absolute atomic E-state index is 11.9. The number of aromatic nitrogens is 1. The van der Waals surface area contributed by atoms with Gasteiger partial charge in [-0.25, -0.2) is 8.42 Å². The second-order valence-corrected chi connectivity index (χ2v) is 11.8. The Labute approximate surface area is 208 Å². The van der Waals surface area contributed by atoms with Crippen LogP contribution in [0.4, 0.5) is 0 Å². The van der Waals surface area contributed by atoms with E-state index in [1.807, 2.05) is 26.8 Å². The Hall–Kier alpha value is -3.03. The molecule has 1 saturated heterocycles. The van der Waals surface area contributed by atoms with E-state index >= 15 is 0 Å². The number of pyridine rings is 1. The maximum atomic E-state index is 11.9. The van der Waals surface area contributed by atoms with Gasteiger partial charge in [-0.2, -0.15) is 0 Å². The molecule has 0 radical (unpaired) electrons. The fraction of sp³-hybridized carbons (Fsp3) is 0.357. The smallest absolute Gasteiger partial charge is 0.293 e. The number of carbonyl (C=O) groups is 1. The molecule has 35 heavy (non-hydrogen) atoms. The lowest BCUT2D eigenvalue weighted by Gasteiger charge is -2.33. The summed E-state index contributed by atoms with van der Waals surface area (Å²) in [6.45, 7) is 7.88. The highest BCUT2D eigenvalue weighted by molar-refractivity contribution is 7.90. The van der Waals surface area contributed by atoms with E-state index < -0.39 is 9.84 Å². The molecule has 2 heterocycles. The Morgan fingerprint density at radius 3 is 2.29 bits per heavy atom. The number of carbonyl (C=O) groups excluding carboxylic acids is 1. The molecule has 0 amide bonds. The van der Waals surface area contributed by atoms with Gasteiger partial charge >= 0.3 is 0 Å². The van der Waals surface area contributed by atoms with Crippen LogP contribution in [0, 0.1) is 0 Å². The summed E-state index contributed by atoms with van der Waals surface area (Å²) < 4.78 is 28.3. The molecule has 1 aromatic heterocycles. The molecule has 1 aliphatic heterocycles. The van der Waals surface area contributed by atoms with Crippen LogP contribution in [0.25, 0.3) is 11.1 Å². The molecule has 2 atom stereocenters. The largest absolute Gasteiger partial charge is 0.462 e. The molecule has 0 saturated carbocycles. The summed E-state index contributed by atoms with van der Waals surface area (Å²) >= 11 is 0. The minimum atomic E-state index is -3.28. The van der Waals surface area contributed by atoms with Gasteiger partial charge in [0.05, 0.1) is 4.90 Å². The van der Waals surface area contributed by atoms with Crippen molar-refractivity contribution >= 4 is 16.3 Å². The summed E-state index contributed by atoms with van der Waals surface area (Å²) in [6.07, 6.45) is 5.44. The molecular formula is C28H34N2O4S. The lowest BCUT2D eigenvalue weighted by atomic mass is 9.77. The molecule has 1 fully saturated rings. The maximum Gasteiger partial charge on any atom is 0.293 e. The monoisotopic (exact) mass is 494 g/mol. The van der Waals surface area contributed by atoms with Crippen molar-refractivity contribution in [3.63, 3.8) is 0 Å². The van der Waals surface area contributed by atoms with E-state index in [0.717, 1.165) is 30.6 Å². The minimum absolute atomic E-state index is 0.247. The van der Waals surface area contributed by atoms with Gasteiger partial charge in [0.1, 0.15) is 5.60 Å². The lowest BCUT2D eigenvalue weighted by Crippen LogP contribution is -2.34. The van der Waals surface area contributed by atoms with Gasteiger partial charge in [0.15, 0.2) is 9.84 Å². The topological polar surface area (TPSA) is 85.4 Å². The van der Waals surface area contributed by atoms with Gasteiger partial charge in [-0.05, 0) is 62.4 Å². The first-order chi connectivity index (χ1) is 16.6. The van der Waals surface area contributed by atoms with Gasteiger partial charge in [0, 0.05) is 36.7 Å². The molecule has 4 rings (SSSR count). The van der Waals surface area contributed by atoms with Crippen molar-refractivity contribution in [3.05, 3.63) is 84.2 Å². The third kappa shape index (κ3) is 7.73. The third-order valence-electron chi connectivity index (χ3n) is 5.90. The summed E-state index contributed by atoms with van der Waals surface area (Å²) in [4.78, 5) is 14.0. The van der Waals surface area contributed by atoms with Gasteiger partial charge < -0.3 is 10.1 Å². The Bertz CT molecular complexity index is 1220. The van der Waals surface area contributed by atoms with E-state index in [2.05, 4.69) is 63.6 Å². The highest BCUT2D eigenvalue weighted by Gasteiger charge is 2.27. The zero-order valence-electron chi connectivity index (χ0n) is 20.8. The predicted molar refractivity (Wildman–Crippen MR) is 139 cm³/mol. The van der Waals surface area contributed by atoms with Crippen LogP contribution in [-0.2, 0) is 19.4 Å². The van der Waals surface area contributed by atoms with Crippen LogP contribution >= 0.6 is 0 Å². The summed E-state index contributed by atoms with van der Waals surface area (Å²) in [6, 6.07) is 20.8. The molecule has 1 aliphatic rings. The zero-order chi connectivity index (χ0) is 25.5. The summed E-state index contributed by atoms with van der Waals surface area (Å²) in [5.41, 5.74) is 4.14. The number of hydrogen-bond acceptors (Lipinski definition) is 6. The van der Waals surface area contributed by atoms with Gasteiger partial charge in [0.25, 0.3) is 6.47 Å². The standard InChI is InChI=1S/C23H24N2O2S.C5H10O2/c1-28(26,27)21-13-20(14-25-15-21)18-8-5-9-19(12-18)23-16-24-11-10-22(23)17-6-3-2-4-7-17;1-5(2,3)7-4-6/h2-9,12-15,22-24H,10-11,16H2,1H3;4H,1-3H3. The number of rotatable bonds is 5. The molecule has 186 valence electrons. The predicted octanol–water partition coefficient (Wildman–Crippen LogP) is 4.97. The Balaban J connectivity index is 0.000000429. The summed E-state index contributed by atoms with van der Waals surface area (Å²) in [7, 11) is -3.28. The van der Waals surface area contributed by atoms with Crippen molar-refractivity contribution in [2.75, 3.05) is 19.3 Å². The van der Waals surface area contributed by atoms with Gasteiger partial charge in [-0.15, -0.1) is 0 Å². The number of sulfone groups is 1. The zero-order valence-corrected chi connectivity index (χ0v) is 21.6. The van der Waals surface area contributed by atoms with E-state index in [4.69, 9.17) is 0 Å². The van der Waals surface area contributed by atoms with Crippen LogP contribution < -0.4 is 5.32 Å². The van der Waals surface area contributed by atoms with Crippen LogP contribution in [0.2, 0.25) is 0 Å². The van der Waals surface area contributed by atoms with Crippen molar-refractivity contribution in [3.8, 4) is 11.1 Å². The Morgan fingerprint density at radius 1 is 0.943 bits per heavy atom. The number of nitrogens with zero attached hydrogens (tertiary/aromatic N) is 1. The van der Waals surface area contributed by atoms with E-state index in [9.17, 15) is 13.2 Å². The van der Waals surface area contributed by atoms with Gasteiger partial charge in [-0.3, -0.25) is 9.78 Å². The first kappa shape index (κ1) is 26.6. The van der Waals surface area contributed by atoms with Gasteiger partial charge in [-0.1, -0.05) is 54.6 Å².